The molecule has 1 amide bonds. The molecule has 0 atom stereocenters. The van der Waals surface area contributed by atoms with Gasteiger partial charge in [0.25, 0.3) is 5.82 Å². The van der Waals surface area contributed by atoms with Gasteiger partial charge in [0.15, 0.2) is 11.5 Å². The Hall–Kier alpha value is -3.18. The molecule has 4 heterocycles. The molecule has 3 aromatic heterocycles. The predicted molar refractivity (Wildman–Crippen MR) is 105 cm³/mol. The summed E-state index contributed by atoms with van der Waals surface area (Å²) in [5.74, 6) is -0.141. The number of hydrogen-bond acceptors (Lipinski definition) is 7. The minimum Gasteiger partial charge on any atom is -0.359 e. The molecule has 0 bridgehead atoms. The smallest absolute Gasteiger partial charge is 0.359 e. The molecular weight excluding hydrogens is 415 g/mol. The highest BCUT2D eigenvalue weighted by atomic mass is 19.4. The number of hydrogen-bond donors (Lipinski definition) is 1. The number of alkyl halides is 3. The standard InChI is InChI=1S/C19H22F3N7O2/c1-18(2,3)12-10-13(27-31-12)23-16(30)11-6-8-28(9-7-11)15-5-4-14-24-25-17(19(20,21)22)29(14)26-15/h4-5,10-11H,6-9H2,1-3H3,(H,23,27,30). The van der Waals surface area contributed by atoms with Crippen LogP contribution in [-0.4, -0.2) is 44.0 Å². The number of nitrogens with zero attached hydrogens (tertiary/aromatic N) is 6. The van der Waals surface area contributed by atoms with E-state index >= 15 is 0 Å². The minimum absolute atomic E-state index is 0.0209. The third-order valence-electron chi connectivity index (χ3n) is 5.19. The number of anilines is 2. The van der Waals surface area contributed by atoms with E-state index in [1.807, 2.05) is 25.7 Å². The van der Waals surface area contributed by atoms with Crippen molar-refractivity contribution >= 4 is 23.2 Å². The van der Waals surface area contributed by atoms with E-state index in [4.69, 9.17) is 4.52 Å². The van der Waals surface area contributed by atoms with Gasteiger partial charge < -0.3 is 14.7 Å². The van der Waals surface area contributed by atoms with Gasteiger partial charge in [-0.25, -0.2) is 0 Å². The Labute approximate surface area is 175 Å². The first-order valence-electron chi connectivity index (χ1n) is 9.85. The van der Waals surface area contributed by atoms with Gasteiger partial charge in [-0.2, -0.15) is 17.7 Å². The van der Waals surface area contributed by atoms with Crippen LogP contribution in [0.4, 0.5) is 24.8 Å². The van der Waals surface area contributed by atoms with Gasteiger partial charge in [0.2, 0.25) is 5.91 Å². The van der Waals surface area contributed by atoms with Crippen LogP contribution >= 0.6 is 0 Å². The van der Waals surface area contributed by atoms with Gasteiger partial charge in [-0.1, -0.05) is 25.9 Å². The van der Waals surface area contributed by atoms with Crippen molar-refractivity contribution in [2.24, 2.45) is 5.92 Å². The highest BCUT2D eigenvalue weighted by Gasteiger charge is 2.38. The Bertz CT molecular complexity index is 1090. The number of amides is 1. The van der Waals surface area contributed by atoms with Crippen molar-refractivity contribution in [2.75, 3.05) is 23.3 Å². The monoisotopic (exact) mass is 437 g/mol. The van der Waals surface area contributed by atoms with E-state index < -0.39 is 12.0 Å². The second-order valence-electron chi connectivity index (χ2n) is 8.56. The average molecular weight is 437 g/mol. The third-order valence-corrected chi connectivity index (χ3v) is 5.19. The average Bonchev–Trinajstić information content (AvgIpc) is 3.34. The number of carbonyl (C=O) groups is 1. The number of carbonyl (C=O) groups excluding carboxylic acids is 1. The van der Waals surface area contributed by atoms with E-state index in [2.05, 4.69) is 25.8 Å². The summed E-state index contributed by atoms with van der Waals surface area (Å²) in [6, 6.07) is 4.76. The summed E-state index contributed by atoms with van der Waals surface area (Å²) >= 11 is 0. The molecule has 1 aliphatic heterocycles. The van der Waals surface area contributed by atoms with Crippen LogP contribution in [0.25, 0.3) is 5.65 Å². The second-order valence-corrected chi connectivity index (χ2v) is 8.56. The fraction of sp³-hybridized carbons (Fsp3) is 0.526. The van der Waals surface area contributed by atoms with Crippen molar-refractivity contribution in [1.82, 2.24) is 25.0 Å². The van der Waals surface area contributed by atoms with Gasteiger partial charge in [0.1, 0.15) is 11.6 Å². The summed E-state index contributed by atoms with van der Waals surface area (Å²) in [6.45, 7) is 6.91. The van der Waals surface area contributed by atoms with Gasteiger partial charge in [-0.3, -0.25) is 4.79 Å². The predicted octanol–water partition coefficient (Wildman–Crippen LogP) is 3.28. The molecule has 1 fully saturated rings. The molecule has 4 rings (SSSR count). The lowest BCUT2D eigenvalue weighted by Crippen LogP contribution is -2.38. The number of nitrogens with one attached hydrogen (secondary N) is 1. The Morgan fingerprint density at radius 1 is 1.16 bits per heavy atom. The van der Waals surface area contributed by atoms with E-state index in [1.54, 1.807) is 12.1 Å². The topological polar surface area (TPSA) is 101 Å². The van der Waals surface area contributed by atoms with E-state index in [9.17, 15) is 18.0 Å². The van der Waals surface area contributed by atoms with Gasteiger partial charge in [0.05, 0.1) is 0 Å². The molecule has 31 heavy (non-hydrogen) atoms. The Morgan fingerprint density at radius 2 is 1.87 bits per heavy atom. The van der Waals surface area contributed by atoms with Gasteiger partial charge in [-0.15, -0.1) is 15.3 Å². The quantitative estimate of drug-likeness (QED) is 0.671. The van der Waals surface area contributed by atoms with E-state index in [1.165, 1.54) is 6.07 Å². The molecule has 0 unspecified atom stereocenters. The van der Waals surface area contributed by atoms with Crippen molar-refractivity contribution in [2.45, 2.75) is 45.2 Å². The zero-order valence-electron chi connectivity index (χ0n) is 17.3. The number of fused-ring (bicyclic) bond motifs is 1. The fourth-order valence-electron chi connectivity index (χ4n) is 3.41. The lowest BCUT2D eigenvalue weighted by Gasteiger charge is -2.31. The van der Waals surface area contributed by atoms with Crippen molar-refractivity contribution in [3.8, 4) is 0 Å². The normalized spacial score (nSPS) is 16.1. The van der Waals surface area contributed by atoms with Crippen LogP contribution < -0.4 is 10.2 Å². The molecule has 0 aliphatic carbocycles. The lowest BCUT2D eigenvalue weighted by atomic mass is 9.93. The first-order chi connectivity index (χ1) is 14.5. The summed E-state index contributed by atoms with van der Waals surface area (Å²) in [6.07, 6.45) is -3.59. The molecule has 12 heteroatoms. The molecule has 0 aromatic carbocycles. The number of piperidine rings is 1. The summed E-state index contributed by atoms with van der Waals surface area (Å²) in [5.41, 5.74) is -0.195. The zero-order chi connectivity index (χ0) is 22.4. The number of rotatable bonds is 3. The second kappa shape index (κ2) is 7.50. The Balaban J connectivity index is 1.40. The fourth-order valence-corrected chi connectivity index (χ4v) is 3.41. The molecular formula is C19H22F3N7O2. The summed E-state index contributed by atoms with van der Waals surface area (Å²) in [4.78, 5) is 14.4. The van der Waals surface area contributed by atoms with Crippen molar-refractivity contribution < 1.29 is 22.5 Å². The van der Waals surface area contributed by atoms with Crippen LogP contribution in [-0.2, 0) is 16.4 Å². The third kappa shape index (κ3) is 4.32. The van der Waals surface area contributed by atoms with Gasteiger partial charge in [-0.05, 0) is 25.0 Å². The molecule has 166 valence electrons. The van der Waals surface area contributed by atoms with Gasteiger partial charge >= 0.3 is 6.18 Å². The van der Waals surface area contributed by atoms with Crippen molar-refractivity contribution in [3.05, 3.63) is 29.8 Å². The maximum atomic E-state index is 13.1. The first kappa shape index (κ1) is 21.1. The van der Waals surface area contributed by atoms with E-state index in [0.29, 0.717) is 47.8 Å². The van der Waals surface area contributed by atoms with Crippen LogP contribution in [0.2, 0.25) is 0 Å². The molecule has 1 N–H and O–H groups in total. The summed E-state index contributed by atoms with van der Waals surface area (Å²) in [5, 5.41) is 17.4. The summed E-state index contributed by atoms with van der Waals surface area (Å²) < 4.78 is 45.2. The highest BCUT2D eigenvalue weighted by Crippen LogP contribution is 2.29. The van der Waals surface area contributed by atoms with Crippen molar-refractivity contribution in [1.29, 1.82) is 0 Å². The van der Waals surface area contributed by atoms with Crippen LogP contribution in [0, 0.1) is 5.92 Å². The summed E-state index contributed by atoms with van der Waals surface area (Å²) in [7, 11) is 0. The lowest BCUT2D eigenvalue weighted by molar-refractivity contribution is -0.146. The molecule has 0 spiro atoms. The minimum atomic E-state index is -4.65. The van der Waals surface area contributed by atoms with Crippen LogP contribution in [0.1, 0.15) is 45.2 Å². The largest absolute Gasteiger partial charge is 0.453 e. The van der Waals surface area contributed by atoms with E-state index in [-0.39, 0.29) is 22.9 Å². The molecule has 1 aliphatic rings. The maximum Gasteiger partial charge on any atom is 0.453 e. The Kier molecular flexibility index (Phi) is 5.10. The van der Waals surface area contributed by atoms with Crippen LogP contribution in [0.5, 0.6) is 0 Å². The molecule has 0 saturated carbocycles. The number of halogens is 3. The van der Waals surface area contributed by atoms with Gasteiger partial charge in [0, 0.05) is 30.5 Å². The van der Waals surface area contributed by atoms with E-state index in [0.717, 1.165) is 0 Å². The SMILES string of the molecule is CC(C)(C)c1cc(NC(=O)C2CCN(c3ccc4nnc(C(F)(F)F)n4n3)CC2)no1. The molecule has 0 radical (unpaired) electrons. The van der Waals surface area contributed by atoms with Crippen molar-refractivity contribution in [3.63, 3.8) is 0 Å². The number of aromatic nitrogens is 5. The molecule has 9 nitrogen and oxygen atoms in total. The zero-order valence-corrected chi connectivity index (χ0v) is 17.3. The van der Waals surface area contributed by atoms with Crippen LogP contribution in [0.15, 0.2) is 22.7 Å². The maximum absolute atomic E-state index is 13.1. The molecule has 3 aromatic rings. The highest BCUT2D eigenvalue weighted by molar-refractivity contribution is 5.91. The first-order valence-corrected chi connectivity index (χ1v) is 9.85. The molecule has 1 saturated heterocycles. The van der Waals surface area contributed by atoms with Crippen LogP contribution in [0.3, 0.4) is 0 Å². The Morgan fingerprint density at radius 3 is 2.48 bits per heavy atom.